The summed E-state index contributed by atoms with van der Waals surface area (Å²) in [7, 11) is -2.70. The van der Waals surface area contributed by atoms with Crippen molar-refractivity contribution in [2.24, 2.45) is 0 Å². The van der Waals surface area contributed by atoms with E-state index in [0.29, 0.717) is 17.5 Å². The molecule has 0 bridgehead atoms. The van der Waals surface area contributed by atoms with E-state index in [2.05, 4.69) is 5.32 Å². The van der Waals surface area contributed by atoms with Crippen molar-refractivity contribution in [2.45, 2.75) is 44.2 Å². The van der Waals surface area contributed by atoms with Crippen LogP contribution in [-0.4, -0.2) is 32.0 Å². The van der Waals surface area contributed by atoms with Crippen LogP contribution in [-0.2, 0) is 9.84 Å². The van der Waals surface area contributed by atoms with Gasteiger partial charge in [0.1, 0.15) is 0 Å². The lowest BCUT2D eigenvalue weighted by molar-refractivity contribution is 0.455. The second kappa shape index (κ2) is 3.58. The Hall–Kier alpha value is -0.0900. The number of hydrogen-bond acceptors (Lipinski definition) is 3. The minimum atomic E-state index is -2.70. The lowest BCUT2D eigenvalue weighted by atomic mass is 10.2. The van der Waals surface area contributed by atoms with Gasteiger partial charge < -0.3 is 5.32 Å². The molecule has 3 nitrogen and oxygen atoms in total. The summed E-state index contributed by atoms with van der Waals surface area (Å²) < 4.78 is 22.3. The fourth-order valence-electron chi connectivity index (χ4n) is 2.35. The summed E-state index contributed by atoms with van der Waals surface area (Å²) in [5.74, 6) is 0.751. The lowest BCUT2D eigenvalue weighted by Crippen LogP contribution is -2.37. The van der Waals surface area contributed by atoms with Gasteiger partial charge in [-0.15, -0.1) is 0 Å². The van der Waals surface area contributed by atoms with Gasteiger partial charge in [-0.25, -0.2) is 8.42 Å². The SMILES string of the molecule is O=S1(=O)CC[C@@H](NC2CCCC2)C1. The Kier molecular flexibility index (Phi) is 2.60. The molecule has 1 saturated carbocycles. The molecule has 0 amide bonds. The minimum Gasteiger partial charge on any atom is -0.310 e. The maximum atomic E-state index is 11.2. The van der Waals surface area contributed by atoms with Gasteiger partial charge in [0.2, 0.25) is 0 Å². The van der Waals surface area contributed by atoms with E-state index in [4.69, 9.17) is 0 Å². The molecule has 4 heteroatoms. The zero-order chi connectivity index (χ0) is 9.31. The molecule has 1 saturated heterocycles. The summed E-state index contributed by atoms with van der Waals surface area (Å²) in [6.07, 6.45) is 5.89. The van der Waals surface area contributed by atoms with Crippen molar-refractivity contribution in [3.8, 4) is 0 Å². The first kappa shape index (κ1) is 9.46. The van der Waals surface area contributed by atoms with E-state index in [0.717, 1.165) is 6.42 Å². The van der Waals surface area contributed by atoms with Crippen molar-refractivity contribution in [1.82, 2.24) is 5.32 Å². The van der Waals surface area contributed by atoms with Crippen LogP contribution in [0.25, 0.3) is 0 Å². The van der Waals surface area contributed by atoms with Crippen LogP contribution in [0.4, 0.5) is 0 Å². The number of rotatable bonds is 2. The molecule has 0 unspecified atom stereocenters. The zero-order valence-corrected chi connectivity index (χ0v) is 8.65. The maximum Gasteiger partial charge on any atom is 0.151 e. The molecular weight excluding hydrogens is 186 g/mol. The molecule has 2 aliphatic rings. The van der Waals surface area contributed by atoms with Crippen molar-refractivity contribution in [2.75, 3.05) is 11.5 Å². The van der Waals surface area contributed by atoms with Crippen molar-refractivity contribution < 1.29 is 8.42 Å². The van der Waals surface area contributed by atoms with Crippen LogP contribution in [0.3, 0.4) is 0 Å². The van der Waals surface area contributed by atoms with Gasteiger partial charge in [0.15, 0.2) is 9.84 Å². The Balaban J connectivity index is 1.83. The molecular formula is C9H17NO2S. The lowest BCUT2D eigenvalue weighted by Gasteiger charge is -2.16. The van der Waals surface area contributed by atoms with E-state index in [1.165, 1.54) is 25.7 Å². The third-order valence-electron chi connectivity index (χ3n) is 3.06. The van der Waals surface area contributed by atoms with Gasteiger partial charge >= 0.3 is 0 Å². The Labute approximate surface area is 79.8 Å². The fourth-order valence-corrected chi connectivity index (χ4v) is 4.04. The summed E-state index contributed by atoms with van der Waals surface area (Å²) in [5.41, 5.74) is 0. The summed E-state index contributed by atoms with van der Waals surface area (Å²) in [6.45, 7) is 0. The van der Waals surface area contributed by atoms with E-state index in [1.807, 2.05) is 0 Å². The number of sulfone groups is 1. The highest BCUT2D eigenvalue weighted by Crippen LogP contribution is 2.20. The molecule has 76 valence electrons. The zero-order valence-electron chi connectivity index (χ0n) is 7.83. The molecule has 2 fully saturated rings. The number of nitrogens with one attached hydrogen (secondary N) is 1. The fraction of sp³-hybridized carbons (Fsp3) is 1.00. The molecule has 13 heavy (non-hydrogen) atoms. The Bertz CT molecular complexity index is 267. The normalized spacial score (nSPS) is 34.0. The van der Waals surface area contributed by atoms with Gasteiger partial charge in [0, 0.05) is 12.1 Å². The van der Waals surface area contributed by atoms with E-state index >= 15 is 0 Å². The van der Waals surface area contributed by atoms with Crippen molar-refractivity contribution in [3.05, 3.63) is 0 Å². The van der Waals surface area contributed by atoms with Gasteiger partial charge in [-0.2, -0.15) is 0 Å². The topological polar surface area (TPSA) is 46.2 Å². The molecule has 0 aromatic carbocycles. The highest BCUT2D eigenvalue weighted by molar-refractivity contribution is 7.91. The van der Waals surface area contributed by atoms with Gasteiger partial charge in [0.25, 0.3) is 0 Å². The van der Waals surface area contributed by atoms with E-state index in [1.54, 1.807) is 0 Å². The summed E-state index contributed by atoms with van der Waals surface area (Å²) in [6, 6.07) is 0.839. The van der Waals surface area contributed by atoms with Crippen molar-refractivity contribution in [1.29, 1.82) is 0 Å². The molecule has 1 aliphatic carbocycles. The number of hydrogen-bond donors (Lipinski definition) is 1. The first-order valence-corrected chi connectivity index (χ1v) is 6.94. The van der Waals surface area contributed by atoms with Crippen LogP contribution >= 0.6 is 0 Å². The molecule has 1 N–H and O–H groups in total. The standard InChI is InChI=1S/C9H17NO2S/c11-13(12)6-5-9(7-13)10-8-3-1-2-4-8/h8-10H,1-7H2/t9-/m1/s1. The van der Waals surface area contributed by atoms with Crippen LogP contribution in [0, 0.1) is 0 Å². The van der Waals surface area contributed by atoms with E-state index in [-0.39, 0.29) is 6.04 Å². The average molecular weight is 203 g/mol. The smallest absolute Gasteiger partial charge is 0.151 e. The molecule has 0 spiro atoms. The Morgan fingerprint density at radius 3 is 2.23 bits per heavy atom. The molecule has 1 atom stereocenters. The molecule has 0 aromatic heterocycles. The third kappa shape index (κ3) is 2.44. The van der Waals surface area contributed by atoms with Crippen LogP contribution < -0.4 is 5.32 Å². The second-order valence-electron chi connectivity index (χ2n) is 4.25. The minimum absolute atomic E-state index is 0.244. The molecule has 0 aromatic rings. The van der Waals surface area contributed by atoms with Crippen LogP contribution in [0.15, 0.2) is 0 Å². The summed E-state index contributed by atoms with van der Waals surface area (Å²) >= 11 is 0. The summed E-state index contributed by atoms with van der Waals surface area (Å²) in [4.78, 5) is 0. The highest BCUT2D eigenvalue weighted by atomic mass is 32.2. The average Bonchev–Trinajstić information content (AvgIpc) is 2.61. The quantitative estimate of drug-likeness (QED) is 0.719. The van der Waals surface area contributed by atoms with Gasteiger partial charge in [0.05, 0.1) is 11.5 Å². The Morgan fingerprint density at radius 2 is 1.69 bits per heavy atom. The predicted octanol–water partition coefficient (Wildman–Crippen LogP) is 0.706. The monoisotopic (exact) mass is 203 g/mol. The highest BCUT2D eigenvalue weighted by Gasteiger charge is 2.29. The van der Waals surface area contributed by atoms with Crippen LogP contribution in [0.2, 0.25) is 0 Å². The van der Waals surface area contributed by atoms with Gasteiger partial charge in [-0.1, -0.05) is 12.8 Å². The van der Waals surface area contributed by atoms with Crippen molar-refractivity contribution >= 4 is 9.84 Å². The summed E-state index contributed by atoms with van der Waals surface area (Å²) in [5, 5.41) is 3.45. The second-order valence-corrected chi connectivity index (χ2v) is 6.48. The largest absolute Gasteiger partial charge is 0.310 e. The first-order chi connectivity index (χ1) is 6.16. The maximum absolute atomic E-state index is 11.2. The van der Waals surface area contributed by atoms with Gasteiger partial charge in [-0.3, -0.25) is 0 Å². The van der Waals surface area contributed by atoms with E-state index < -0.39 is 9.84 Å². The third-order valence-corrected chi connectivity index (χ3v) is 4.83. The predicted molar refractivity (Wildman–Crippen MR) is 52.5 cm³/mol. The van der Waals surface area contributed by atoms with Crippen molar-refractivity contribution in [3.63, 3.8) is 0 Å². The van der Waals surface area contributed by atoms with Gasteiger partial charge in [-0.05, 0) is 19.3 Å². The molecule has 2 rings (SSSR count). The molecule has 1 aliphatic heterocycles. The van der Waals surface area contributed by atoms with Crippen LogP contribution in [0.1, 0.15) is 32.1 Å². The van der Waals surface area contributed by atoms with E-state index in [9.17, 15) is 8.42 Å². The first-order valence-electron chi connectivity index (χ1n) is 5.12. The van der Waals surface area contributed by atoms with Crippen LogP contribution in [0.5, 0.6) is 0 Å². The Morgan fingerprint density at radius 1 is 1.00 bits per heavy atom. The molecule has 0 radical (unpaired) electrons. The molecule has 1 heterocycles.